The lowest BCUT2D eigenvalue weighted by Gasteiger charge is -2.09. The van der Waals surface area contributed by atoms with Crippen molar-refractivity contribution in [2.75, 3.05) is 7.11 Å². The van der Waals surface area contributed by atoms with Gasteiger partial charge in [-0.05, 0) is 50.4 Å². The van der Waals surface area contributed by atoms with Gasteiger partial charge in [0.15, 0.2) is 5.75 Å². The summed E-state index contributed by atoms with van der Waals surface area (Å²) in [6.07, 6.45) is 0. The molecule has 66 valence electrons. The summed E-state index contributed by atoms with van der Waals surface area (Å²) in [6.45, 7) is 1.82. The van der Waals surface area contributed by atoms with Crippen LogP contribution in [0.2, 0.25) is 0 Å². The topological polar surface area (TPSA) is 29.5 Å². The van der Waals surface area contributed by atoms with Crippen LogP contribution in [0, 0.1) is 6.92 Å². The first-order chi connectivity index (χ1) is 5.57. The molecule has 0 aliphatic carbocycles. The Morgan fingerprint density at radius 3 is 2.50 bits per heavy atom. The molecule has 0 aliphatic heterocycles. The minimum Gasteiger partial charge on any atom is -0.506 e. The highest BCUT2D eigenvalue weighted by atomic mass is 79.9. The lowest BCUT2D eigenvalue weighted by atomic mass is 10.3. The van der Waals surface area contributed by atoms with Crippen molar-refractivity contribution in [2.24, 2.45) is 0 Å². The average Bonchev–Trinajstić information content (AvgIpc) is 2.01. The monoisotopic (exact) mass is 295 g/mol. The Bertz CT molecular complexity index is 310. The minimum absolute atomic E-state index is 0.218. The van der Waals surface area contributed by atoms with Crippen molar-refractivity contribution < 1.29 is 9.84 Å². The normalized spacial score (nSPS) is 10.0. The molecule has 0 heterocycles. The van der Waals surface area contributed by atoms with Gasteiger partial charge in [0.1, 0.15) is 10.2 Å². The van der Waals surface area contributed by atoms with Gasteiger partial charge in [-0.15, -0.1) is 0 Å². The van der Waals surface area contributed by atoms with Crippen LogP contribution in [0.15, 0.2) is 15.0 Å². The number of methoxy groups -OCH3 is 1. The van der Waals surface area contributed by atoms with E-state index in [1.54, 1.807) is 13.2 Å². The van der Waals surface area contributed by atoms with Gasteiger partial charge in [-0.1, -0.05) is 0 Å². The average molecular weight is 297 g/mol. The lowest BCUT2D eigenvalue weighted by molar-refractivity contribution is 0.400. The largest absolute Gasteiger partial charge is 0.506 e. The van der Waals surface area contributed by atoms with Crippen LogP contribution in [0.3, 0.4) is 0 Å². The maximum atomic E-state index is 9.49. The molecule has 0 aliphatic rings. The number of ether oxygens (including phenoxy) is 1. The molecule has 4 heteroatoms. The van der Waals surface area contributed by atoms with E-state index in [4.69, 9.17) is 4.74 Å². The maximum Gasteiger partial charge on any atom is 0.150 e. The smallest absolute Gasteiger partial charge is 0.150 e. The van der Waals surface area contributed by atoms with Crippen molar-refractivity contribution in [3.8, 4) is 11.5 Å². The van der Waals surface area contributed by atoms with Crippen LogP contribution in [0.25, 0.3) is 0 Å². The van der Waals surface area contributed by atoms with Gasteiger partial charge >= 0.3 is 0 Å². The standard InChI is InChI=1S/C8H8Br2O2/c1-4-3-5(9)8(12-2)6(10)7(4)11/h3,11H,1-2H3/i6+1. The van der Waals surface area contributed by atoms with Gasteiger partial charge in [-0.25, -0.2) is 0 Å². The lowest BCUT2D eigenvalue weighted by Crippen LogP contribution is -1.88. The predicted molar refractivity (Wildman–Crippen MR) is 54.8 cm³/mol. The van der Waals surface area contributed by atoms with Crippen LogP contribution in [0.1, 0.15) is 5.56 Å². The second-order valence-electron chi connectivity index (χ2n) is 2.37. The predicted octanol–water partition coefficient (Wildman–Crippen LogP) is 3.23. The molecule has 0 amide bonds. The molecule has 0 spiro atoms. The second kappa shape index (κ2) is 3.66. The number of rotatable bonds is 1. The van der Waals surface area contributed by atoms with Crippen molar-refractivity contribution in [1.29, 1.82) is 0 Å². The molecule has 1 N–H and O–H groups in total. The zero-order valence-corrected chi connectivity index (χ0v) is 9.86. The van der Waals surface area contributed by atoms with Gasteiger partial charge in [0.05, 0.1) is 11.6 Å². The Hall–Kier alpha value is -0.220. The molecule has 1 aromatic rings. The van der Waals surface area contributed by atoms with E-state index in [9.17, 15) is 5.11 Å². The summed E-state index contributed by atoms with van der Waals surface area (Å²) in [5.74, 6) is 0.827. The number of aromatic hydroxyl groups is 1. The highest BCUT2D eigenvalue weighted by molar-refractivity contribution is 9.11. The van der Waals surface area contributed by atoms with Crippen LogP contribution in [-0.4, -0.2) is 12.2 Å². The first kappa shape index (κ1) is 9.86. The molecule has 0 fully saturated rings. The zero-order valence-electron chi connectivity index (χ0n) is 6.69. The number of benzene rings is 1. The van der Waals surface area contributed by atoms with Crippen LogP contribution in [0.5, 0.6) is 11.5 Å². The SMILES string of the molecule is COc1c(Br)cc(C)c(O)[13c]1Br. The van der Waals surface area contributed by atoms with Gasteiger partial charge in [0.25, 0.3) is 0 Å². The Labute approximate surface area is 87.8 Å². The second-order valence-corrected chi connectivity index (χ2v) is 4.02. The Kier molecular flexibility index (Phi) is 3.01. The molecule has 0 unspecified atom stereocenters. The molecule has 0 saturated heterocycles. The van der Waals surface area contributed by atoms with Crippen LogP contribution < -0.4 is 4.74 Å². The van der Waals surface area contributed by atoms with E-state index in [-0.39, 0.29) is 5.75 Å². The number of halogens is 2. The van der Waals surface area contributed by atoms with Crippen LogP contribution in [-0.2, 0) is 0 Å². The van der Waals surface area contributed by atoms with Gasteiger partial charge in [0, 0.05) is 0 Å². The summed E-state index contributed by atoms with van der Waals surface area (Å²) in [7, 11) is 1.56. The number of phenols is 1. The molecule has 1 aromatic carbocycles. The van der Waals surface area contributed by atoms with Gasteiger partial charge in [-0.3, -0.25) is 0 Å². The van der Waals surface area contributed by atoms with E-state index >= 15 is 0 Å². The number of phenolic OH excluding ortho intramolecular Hbond substituents is 1. The van der Waals surface area contributed by atoms with Crippen molar-refractivity contribution in [3.05, 3.63) is 20.6 Å². The van der Waals surface area contributed by atoms with E-state index in [2.05, 4.69) is 31.9 Å². The van der Waals surface area contributed by atoms with Gasteiger partial charge in [0.2, 0.25) is 0 Å². The molecule has 0 aromatic heterocycles. The fourth-order valence-electron chi connectivity index (χ4n) is 0.897. The number of hydrogen-bond acceptors (Lipinski definition) is 2. The summed E-state index contributed by atoms with van der Waals surface area (Å²) >= 11 is 6.56. The maximum absolute atomic E-state index is 9.49. The number of aryl methyl sites for hydroxylation is 1. The van der Waals surface area contributed by atoms with E-state index in [1.807, 2.05) is 6.92 Å². The van der Waals surface area contributed by atoms with Crippen molar-refractivity contribution >= 4 is 31.9 Å². The Morgan fingerprint density at radius 1 is 1.42 bits per heavy atom. The zero-order chi connectivity index (χ0) is 9.30. The number of hydrogen-bond donors (Lipinski definition) is 1. The molecule has 0 atom stereocenters. The molecular weight excluding hydrogens is 289 g/mol. The van der Waals surface area contributed by atoms with E-state index in [0.717, 1.165) is 10.0 Å². The third-order valence-corrected chi connectivity index (χ3v) is 2.87. The third kappa shape index (κ3) is 1.59. The first-order valence-electron chi connectivity index (χ1n) is 3.29. The third-order valence-electron chi connectivity index (χ3n) is 1.55. The molecule has 0 radical (unpaired) electrons. The summed E-state index contributed by atoms with van der Waals surface area (Å²) in [4.78, 5) is 0. The van der Waals surface area contributed by atoms with Crippen LogP contribution in [0.4, 0.5) is 0 Å². The summed E-state index contributed by atoms with van der Waals surface area (Å²) in [5, 5.41) is 9.49. The molecule has 2 nitrogen and oxygen atoms in total. The quantitative estimate of drug-likeness (QED) is 0.862. The van der Waals surface area contributed by atoms with Crippen LogP contribution >= 0.6 is 31.9 Å². The minimum atomic E-state index is 0.218. The fourth-order valence-corrected chi connectivity index (χ4v) is 2.55. The van der Waals surface area contributed by atoms with Crippen molar-refractivity contribution in [3.63, 3.8) is 0 Å². The van der Waals surface area contributed by atoms with Gasteiger partial charge in [-0.2, -0.15) is 0 Å². The Balaban J connectivity index is 3.40. The van der Waals surface area contributed by atoms with Gasteiger partial charge < -0.3 is 9.84 Å². The highest BCUT2D eigenvalue weighted by Crippen LogP contribution is 2.41. The van der Waals surface area contributed by atoms with E-state index < -0.39 is 0 Å². The van der Waals surface area contributed by atoms with Crippen molar-refractivity contribution in [1.82, 2.24) is 0 Å². The molecule has 1 rings (SSSR count). The summed E-state index contributed by atoms with van der Waals surface area (Å²) in [5.41, 5.74) is 0.801. The first-order valence-corrected chi connectivity index (χ1v) is 4.88. The highest BCUT2D eigenvalue weighted by Gasteiger charge is 2.12. The fraction of sp³-hybridized carbons (Fsp3) is 0.250. The Morgan fingerprint density at radius 2 is 2.00 bits per heavy atom. The molecule has 0 bridgehead atoms. The molecule has 0 saturated carbocycles. The van der Waals surface area contributed by atoms with E-state index in [0.29, 0.717) is 10.2 Å². The van der Waals surface area contributed by atoms with E-state index in [1.165, 1.54) is 0 Å². The summed E-state index contributed by atoms with van der Waals surface area (Å²) in [6, 6.07) is 1.80. The summed E-state index contributed by atoms with van der Waals surface area (Å²) < 4.78 is 6.46. The van der Waals surface area contributed by atoms with Crippen molar-refractivity contribution in [2.45, 2.75) is 6.92 Å². The molecular formula is C8H8Br2O2. The molecule has 12 heavy (non-hydrogen) atoms.